The monoisotopic (exact) mass is 333 g/mol. The molecule has 0 radical (unpaired) electrons. The molecule has 0 aliphatic rings. The van der Waals surface area contributed by atoms with Crippen molar-refractivity contribution in [3.63, 3.8) is 0 Å². The molecule has 0 aliphatic carbocycles. The lowest BCUT2D eigenvalue weighted by molar-refractivity contribution is 0.410. The van der Waals surface area contributed by atoms with E-state index < -0.39 is 0 Å². The van der Waals surface area contributed by atoms with Crippen molar-refractivity contribution < 1.29 is 0 Å². The van der Waals surface area contributed by atoms with Gasteiger partial charge in [-0.05, 0) is 47.6 Å². The molecule has 3 rings (SSSR count). The van der Waals surface area contributed by atoms with Gasteiger partial charge in [0.05, 0.1) is 15.7 Å². The maximum absolute atomic E-state index is 4.46. The van der Waals surface area contributed by atoms with Crippen molar-refractivity contribution in [3.05, 3.63) is 76.5 Å². The molecule has 2 heteroatoms. The van der Waals surface area contributed by atoms with Crippen LogP contribution in [0.4, 0.5) is 0 Å². The molecule has 24 heavy (non-hydrogen) atoms. The van der Waals surface area contributed by atoms with Gasteiger partial charge in [0, 0.05) is 5.57 Å². The molecule has 0 atom stereocenters. The van der Waals surface area contributed by atoms with Crippen molar-refractivity contribution in [2.45, 2.75) is 34.1 Å². The van der Waals surface area contributed by atoms with Gasteiger partial charge in [-0.1, -0.05) is 57.2 Å². The number of allylic oxidation sites excluding steroid dienone is 1. The van der Waals surface area contributed by atoms with Gasteiger partial charge in [-0.2, -0.15) is 0 Å². The van der Waals surface area contributed by atoms with Crippen molar-refractivity contribution in [3.8, 4) is 0 Å². The molecule has 0 saturated carbocycles. The summed E-state index contributed by atoms with van der Waals surface area (Å²) in [4.78, 5) is 4.46. The number of hydrogen-bond donors (Lipinski definition) is 0. The maximum atomic E-state index is 4.46. The summed E-state index contributed by atoms with van der Waals surface area (Å²) in [7, 11) is 0. The molecule has 0 spiro atoms. The minimum absolute atomic E-state index is 0.262. The molecule has 122 valence electrons. The largest absolute Gasteiger partial charge is 0.245 e. The van der Waals surface area contributed by atoms with Crippen LogP contribution in [0.3, 0.4) is 0 Å². The Labute approximate surface area is 148 Å². The molecule has 0 unspecified atom stereocenters. The van der Waals surface area contributed by atoms with Crippen LogP contribution in [0.25, 0.3) is 15.8 Å². The van der Waals surface area contributed by atoms with Crippen LogP contribution in [-0.4, -0.2) is 4.98 Å². The highest BCUT2D eigenvalue weighted by Gasteiger charge is 2.12. The van der Waals surface area contributed by atoms with Crippen LogP contribution in [0.2, 0.25) is 0 Å². The van der Waals surface area contributed by atoms with E-state index in [1.54, 1.807) is 11.3 Å². The lowest BCUT2D eigenvalue weighted by Gasteiger charge is -2.17. The highest BCUT2D eigenvalue weighted by molar-refractivity contribution is 7.16. The lowest BCUT2D eigenvalue weighted by Crippen LogP contribution is -2.04. The van der Waals surface area contributed by atoms with E-state index in [0.29, 0.717) is 0 Å². The zero-order valence-corrected chi connectivity index (χ0v) is 15.6. The third kappa shape index (κ3) is 4.03. The summed E-state index contributed by atoms with van der Waals surface area (Å²) in [5.74, 6) is 0. The van der Waals surface area contributed by atoms with Crippen LogP contribution >= 0.6 is 11.3 Å². The predicted octanol–water partition coefficient (Wildman–Crippen LogP) is 6.71. The van der Waals surface area contributed by atoms with Gasteiger partial charge in [0.2, 0.25) is 0 Å². The van der Waals surface area contributed by atoms with Gasteiger partial charge in [0.25, 0.3) is 0 Å². The molecule has 0 bridgehead atoms. The minimum Gasteiger partial charge on any atom is -0.245 e. The highest BCUT2D eigenvalue weighted by atomic mass is 32.1. The summed E-state index contributed by atoms with van der Waals surface area (Å²) in [5, 5.41) is 0. The molecule has 1 nitrogen and oxygen atoms in total. The predicted molar refractivity (Wildman–Crippen MR) is 105 cm³/mol. The number of nitrogens with zero attached hydrogens (tertiary/aromatic N) is 1. The maximum Gasteiger partial charge on any atom is 0.0818 e. The Bertz CT molecular complexity index is 904. The van der Waals surface area contributed by atoms with Crippen molar-refractivity contribution in [2.75, 3.05) is 0 Å². The molecule has 3 aromatic rings. The number of rotatable bonds is 3. The molecule has 0 fully saturated rings. The van der Waals surface area contributed by atoms with Gasteiger partial charge in [-0.3, -0.25) is 0 Å². The zero-order valence-electron chi connectivity index (χ0n) is 14.8. The molecule has 0 N–H and O–H groups in total. The Hall–Kier alpha value is -2.15. The summed E-state index contributed by atoms with van der Waals surface area (Å²) in [6.45, 7) is 8.97. The molecule has 0 saturated heterocycles. The van der Waals surface area contributed by atoms with E-state index in [9.17, 15) is 0 Å². The highest BCUT2D eigenvalue weighted by Crippen LogP contribution is 2.29. The van der Waals surface area contributed by atoms with E-state index in [4.69, 9.17) is 0 Å². The Morgan fingerprint density at radius 1 is 1.04 bits per heavy atom. The number of fused-ring (bicyclic) bond motifs is 1. The van der Waals surface area contributed by atoms with Gasteiger partial charge in [-0.15, -0.1) is 17.1 Å². The number of aromatic nitrogens is 1. The normalized spacial score (nSPS) is 11.3. The second-order valence-electron chi connectivity index (χ2n) is 7.42. The third-order valence-electron chi connectivity index (χ3n) is 3.82. The average Bonchev–Trinajstić information content (AvgIpc) is 2.99. The van der Waals surface area contributed by atoms with Crippen molar-refractivity contribution in [1.29, 1.82) is 0 Å². The van der Waals surface area contributed by atoms with Crippen LogP contribution in [-0.2, 0) is 0 Å². The fourth-order valence-corrected chi connectivity index (χ4v) is 3.64. The van der Waals surface area contributed by atoms with Gasteiger partial charge >= 0.3 is 0 Å². The van der Waals surface area contributed by atoms with E-state index in [0.717, 1.165) is 17.5 Å². The molecular formula is C22H23NS. The summed E-state index contributed by atoms with van der Waals surface area (Å²) in [6, 6.07) is 17.0. The van der Waals surface area contributed by atoms with Crippen molar-refractivity contribution in [2.24, 2.45) is 5.41 Å². The second kappa shape index (κ2) is 6.76. The van der Waals surface area contributed by atoms with Crippen LogP contribution in [0, 0.1) is 5.41 Å². The Morgan fingerprint density at radius 2 is 1.79 bits per heavy atom. The van der Waals surface area contributed by atoms with Gasteiger partial charge in [0.15, 0.2) is 0 Å². The SMILES string of the molecule is CC(=C=C(c1ccccc1)c1ccc2scnc2c1)CC(C)(C)C. The second-order valence-corrected chi connectivity index (χ2v) is 8.31. The zero-order chi connectivity index (χ0) is 17.2. The standard InChI is InChI=1S/C22H23NS/c1-16(14-22(2,3)4)12-19(17-8-6-5-7-9-17)18-10-11-21-20(13-18)23-15-24-21/h5-11,13,15H,14H2,1-4H3. The molecule has 0 amide bonds. The van der Waals surface area contributed by atoms with Crippen LogP contribution in [0.5, 0.6) is 0 Å². The first-order chi connectivity index (χ1) is 11.4. The number of benzene rings is 2. The Balaban J connectivity index is 2.17. The first kappa shape index (κ1) is 16.7. The van der Waals surface area contributed by atoms with E-state index >= 15 is 0 Å². The van der Waals surface area contributed by atoms with Crippen LogP contribution < -0.4 is 0 Å². The summed E-state index contributed by atoms with van der Waals surface area (Å²) in [6.07, 6.45) is 1.03. The number of thiazole rings is 1. The first-order valence-electron chi connectivity index (χ1n) is 8.28. The summed E-state index contributed by atoms with van der Waals surface area (Å²) >= 11 is 1.68. The van der Waals surface area contributed by atoms with E-state index in [1.165, 1.54) is 21.4 Å². The molecule has 2 aromatic carbocycles. The van der Waals surface area contributed by atoms with Gasteiger partial charge < -0.3 is 0 Å². The quantitative estimate of drug-likeness (QED) is 0.485. The van der Waals surface area contributed by atoms with E-state index in [-0.39, 0.29) is 5.41 Å². The average molecular weight is 334 g/mol. The molecule has 0 aliphatic heterocycles. The topological polar surface area (TPSA) is 12.9 Å². The third-order valence-corrected chi connectivity index (χ3v) is 4.63. The molecule has 1 aromatic heterocycles. The molecular weight excluding hydrogens is 310 g/mol. The fourth-order valence-electron chi connectivity index (χ4n) is 2.98. The fraction of sp³-hybridized carbons (Fsp3) is 0.273. The molecule has 1 heterocycles. The van der Waals surface area contributed by atoms with E-state index in [2.05, 4.69) is 86.9 Å². The van der Waals surface area contributed by atoms with Crippen LogP contribution in [0.15, 0.2) is 65.3 Å². The number of hydrogen-bond acceptors (Lipinski definition) is 2. The van der Waals surface area contributed by atoms with E-state index in [1.807, 2.05) is 5.51 Å². The van der Waals surface area contributed by atoms with Gasteiger partial charge in [0.1, 0.15) is 0 Å². The van der Waals surface area contributed by atoms with Crippen molar-refractivity contribution >= 4 is 27.1 Å². The minimum atomic E-state index is 0.262. The summed E-state index contributed by atoms with van der Waals surface area (Å²) < 4.78 is 1.22. The Kier molecular flexibility index (Phi) is 4.71. The Morgan fingerprint density at radius 3 is 2.50 bits per heavy atom. The van der Waals surface area contributed by atoms with Crippen LogP contribution in [0.1, 0.15) is 45.2 Å². The van der Waals surface area contributed by atoms with Crippen molar-refractivity contribution in [1.82, 2.24) is 4.98 Å². The smallest absolute Gasteiger partial charge is 0.0818 e. The lowest BCUT2D eigenvalue weighted by atomic mass is 9.88. The van der Waals surface area contributed by atoms with Gasteiger partial charge in [-0.25, -0.2) is 4.98 Å². The summed E-state index contributed by atoms with van der Waals surface area (Å²) in [5.41, 5.74) is 11.7. The first-order valence-corrected chi connectivity index (χ1v) is 9.16.